The lowest BCUT2D eigenvalue weighted by Crippen LogP contribution is -2.31. The Morgan fingerprint density at radius 1 is 1.23 bits per heavy atom. The summed E-state index contributed by atoms with van der Waals surface area (Å²) in [7, 11) is 0. The fourth-order valence-electron chi connectivity index (χ4n) is 2.17. The smallest absolute Gasteiger partial charge is 0.307 e. The van der Waals surface area contributed by atoms with Crippen molar-refractivity contribution in [1.29, 1.82) is 0 Å². The summed E-state index contributed by atoms with van der Waals surface area (Å²) in [4.78, 5) is 36.5. The van der Waals surface area contributed by atoms with Crippen LogP contribution < -0.4 is 5.32 Å². The molecule has 0 bridgehead atoms. The van der Waals surface area contributed by atoms with Crippen LogP contribution in [-0.4, -0.2) is 33.5 Å². The van der Waals surface area contributed by atoms with E-state index < -0.39 is 18.0 Å². The maximum atomic E-state index is 12.2. The zero-order chi connectivity index (χ0) is 19.3. The molecule has 2 aromatic heterocycles. The highest BCUT2D eigenvalue weighted by molar-refractivity contribution is 7.18. The van der Waals surface area contributed by atoms with Crippen LogP contribution in [0, 0.1) is 0 Å². The number of esters is 1. The normalized spacial score (nSPS) is 12.0. The molecule has 1 amide bonds. The van der Waals surface area contributed by atoms with Gasteiger partial charge in [-0.05, 0) is 32.9 Å². The molecule has 1 N–H and O–H groups in total. The number of anilines is 1. The number of rotatable bonds is 8. The van der Waals surface area contributed by atoms with Crippen molar-refractivity contribution in [3.05, 3.63) is 33.6 Å². The number of ether oxygens (including phenoxy) is 1. The third-order valence-electron chi connectivity index (χ3n) is 3.49. The number of halogens is 1. The number of nitrogens with zero attached hydrogens (tertiary/aromatic N) is 2. The molecule has 0 unspecified atom stereocenters. The molecule has 26 heavy (non-hydrogen) atoms. The van der Waals surface area contributed by atoms with Gasteiger partial charge in [-0.3, -0.25) is 14.4 Å². The Morgan fingerprint density at radius 3 is 2.58 bits per heavy atom. The molecule has 0 aliphatic rings. The first-order chi connectivity index (χ1) is 12.3. The van der Waals surface area contributed by atoms with Crippen molar-refractivity contribution >= 4 is 46.4 Å². The van der Waals surface area contributed by atoms with E-state index in [1.807, 2.05) is 13.8 Å². The summed E-state index contributed by atoms with van der Waals surface area (Å²) in [5.41, 5.74) is 0. The van der Waals surface area contributed by atoms with Gasteiger partial charge in [-0.2, -0.15) is 5.10 Å². The first kappa shape index (κ1) is 20.1. The van der Waals surface area contributed by atoms with Gasteiger partial charge in [0, 0.05) is 18.5 Å². The molecule has 7 nitrogen and oxygen atoms in total. The van der Waals surface area contributed by atoms with E-state index >= 15 is 0 Å². The molecule has 0 aliphatic heterocycles. The molecule has 0 spiro atoms. The highest BCUT2D eigenvalue weighted by atomic mass is 35.5. The number of thiophene rings is 1. The van der Waals surface area contributed by atoms with Crippen LogP contribution in [0.2, 0.25) is 4.34 Å². The Balaban J connectivity index is 1.81. The molecule has 0 saturated carbocycles. The van der Waals surface area contributed by atoms with Crippen LogP contribution in [0.3, 0.4) is 0 Å². The van der Waals surface area contributed by atoms with Crippen molar-refractivity contribution in [1.82, 2.24) is 9.78 Å². The second kappa shape index (κ2) is 8.95. The van der Waals surface area contributed by atoms with Gasteiger partial charge in [0.25, 0.3) is 5.91 Å². The molecule has 9 heteroatoms. The number of aromatic nitrogens is 2. The van der Waals surface area contributed by atoms with Crippen LogP contribution in [0.4, 0.5) is 5.82 Å². The van der Waals surface area contributed by atoms with E-state index in [1.165, 1.54) is 6.92 Å². The lowest BCUT2D eigenvalue weighted by atomic mass is 10.2. The zero-order valence-corrected chi connectivity index (χ0v) is 16.3. The number of Topliss-reactive ketones (excluding diaryl/α,β-unsaturated/α-hetero) is 1. The minimum absolute atomic E-state index is 0.00410. The summed E-state index contributed by atoms with van der Waals surface area (Å²) in [6.45, 7) is 5.35. The fourth-order valence-corrected chi connectivity index (χ4v) is 3.18. The van der Waals surface area contributed by atoms with Gasteiger partial charge in [-0.1, -0.05) is 11.6 Å². The maximum Gasteiger partial charge on any atom is 0.307 e. The molecule has 0 radical (unpaired) electrons. The van der Waals surface area contributed by atoms with Crippen molar-refractivity contribution in [3.8, 4) is 0 Å². The van der Waals surface area contributed by atoms with Crippen molar-refractivity contribution in [2.24, 2.45) is 0 Å². The van der Waals surface area contributed by atoms with Gasteiger partial charge in [0.2, 0.25) is 0 Å². The van der Waals surface area contributed by atoms with Crippen LogP contribution in [-0.2, 0) is 14.3 Å². The van der Waals surface area contributed by atoms with Gasteiger partial charge < -0.3 is 10.1 Å². The van der Waals surface area contributed by atoms with Gasteiger partial charge in [0.1, 0.15) is 5.82 Å². The number of nitrogens with one attached hydrogen (secondary N) is 1. The minimum atomic E-state index is -0.982. The van der Waals surface area contributed by atoms with E-state index in [1.54, 1.807) is 29.1 Å². The molecular weight excluding hydrogens is 378 g/mol. The number of carbonyl (C=O) groups is 3. The molecule has 0 fully saturated rings. The molecule has 0 aromatic carbocycles. The van der Waals surface area contributed by atoms with E-state index in [2.05, 4.69) is 10.4 Å². The average molecular weight is 398 g/mol. The van der Waals surface area contributed by atoms with Gasteiger partial charge in [0.05, 0.1) is 21.8 Å². The number of ketones is 1. The summed E-state index contributed by atoms with van der Waals surface area (Å²) < 4.78 is 7.26. The monoisotopic (exact) mass is 397 g/mol. The highest BCUT2D eigenvalue weighted by Crippen LogP contribution is 2.23. The van der Waals surface area contributed by atoms with E-state index in [9.17, 15) is 14.4 Å². The second-order valence-electron chi connectivity index (χ2n) is 5.90. The van der Waals surface area contributed by atoms with Crippen LogP contribution in [0.5, 0.6) is 0 Å². The average Bonchev–Trinajstić information content (AvgIpc) is 3.21. The lowest BCUT2D eigenvalue weighted by Gasteiger charge is -2.15. The van der Waals surface area contributed by atoms with E-state index in [-0.39, 0.29) is 24.7 Å². The standard InChI is InChI=1S/C17H20ClN3O4S/c1-10(2)21-15(8-9-19-21)20-17(24)11(3)25-16(23)7-4-12(22)13-5-6-14(18)26-13/h5-6,8-11H,4,7H2,1-3H3,(H,20,24)/t11-/m1/s1. The molecule has 0 saturated heterocycles. The fraction of sp³-hybridized carbons (Fsp3) is 0.412. The summed E-state index contributed by atoms with van der Waals surface area (Å²) in [6.07, 6.45) is 0.499. The van der Waals surface area contributed by atoms with E-state index in [0.29, 0.717) is 15.0 Å². The predicted molar refractivity (Wildman–Crippen MR) is 99.7 cm³/mol. The Bertz CT molecular complexity index is 800. The molecule has 0 aliphatic carbocycles. The summed E-state index contributed by atoms with van der Waals surface area (Å²) in [5.74, 6) is -0.729. The number of carbonyl (C=O) groups excluding carboxylic acids is 3. The van der Waals surface area contributed by atoms with Gasteiger partial charge in [0.15, 0.2) is 11.9 Å². The number of hydrogen-bond donors (Lipinski definition) is 1. The molecule has 140 valence electrons. The number of hydrogen-bond acceptors (Lipinski definition) is 6. The second-order valence-corrected chi connectivity index (χ2v) is 7.62. The Kier molecular flexibility index (Phi) is 6.93. The maximum absolute atomic E-state index is 12.2. The van der Waals surface area contributed by atoms with Crippen molar-refractivity contribution < 1.29 is 19.1 Å². The van der Waals surface area contributed by atoms with E-state index in [0.717, 1.165) is 11.3 Å². The van der Waals surface area contributed by atoms with Gasteiger partial charge >= 0.3 is 5.97 Å². The van der Waals surface area contributed by atoms with Crippen molar-refractivity contribution in [3.63, 3.8) is 0 Å². The topological polar surface area (TPSA) is 90.3 Å². The molecule has 2 rings (SSSR count). The summed E-state index contributed by atoms with van der Waals surface area (Å²) in [6, 6.07) is 4.99. The number of amides is 1. The SMILES string of the molecule is CC(C)n1nccc1NC(=O)[C@@H](C)OC(=O)CCC(=O)c1ccc(Cl)s1. The zero-order valence-electron chi connectivity index (χ0n) is 14.7. The molecular formula is C17H20ClN3O4S. The van der Waals surface area contributed by atoms with Crippen LogP contribution in [0.15, 0.2) is 24.4 Å². The van der Waals surface area contributed by atoms with Crippen molar-refractivity contribution in [2.45, 2.75) is 45.8 Å². The minimum Gasteiger partial charge on any atom is -0.453 e. The van der Waals surface area contributed by atoms with Crippen LogP contribution >= 0.6 is 22.9 Å². The molecule has 1 atom stereocenters. The molecule has 2 heterocycles. The summed E-state index contributed by atoms with van der Waals surface area (Å²) in [5, 5.41) is 6.79. The first-order valence-electron chi connectivity index (χ1n) is 8.10. The largest absolute Gasteiger partial charge is 0.453 e. The summed E-state index contributed by atoms with van der Waals surface area (Å²) >= 11 is 6.95. The highest BCUT2D eigenvalue weighted by Gasteiger charge is 2.20. The lowest BCUT2D eigenvalue weighted by molar-refractivity contribution is -0.153. The first-order valence-corrected chi connectivity index (χ1v) is 9.29. The quantitative estimate of drug-likeness (QED) is 0.541. The Labute approximate surface area is 160 Å². The van der Waals surface area contributed by atoms with Gasteiger partial charge in [-0.25, -0.2) is 4.68 Å². The van der Waals surface area contributed by atoms with Crippen LogP contribution in [0.25, 0.3) is 0 Å². The Hall–Kier alpha value is -2.19. The van der Waals surface area contributed by atoms with E-state index in [4.69, 9.17) is 16.3 Å². The Morgan fingerprint density at radius 2 is 1.96 bits per heavy atom. The van der Waals surface area contributed by atoms with Gasteiger partial charge in [-0.15, -0.1) is 11.3 Å². The van der Waals surface area contributed by atoms with Crippen molar-refractivity contribution in [2.75, 3.05) is 5.32 Å². The predicted octanol–water partition coefficient (Wildman–Crippen LogP) is 3.71. The van der Waals surface area contributed by atoms with Crippen LogP contribution in [0.1, 0.15) is 49.3 Å². The third kappa shape index (κ3) is 5.40. The third-order valence-corrected chi connectivity index (χ3v) is 4.76. The molecule has 2 aromatic rings.